The highest BCUT2D eigenvalue weighted by molar-refractivity contribution is 7.89. The van der Waals surface area contributed by atoms with Gasteiger partial charge in [0.05, 0.1) is 21.5 Å². The van der Waals surface area contributed by atoms with Crippen LogP contribution in [0.1, 0.15) is 35.7 Å². The number of nitrogens with two attached hydrogens (primary N) is 1. The lowest BCUT2D eigenvalue weighted by atomic mass is 10.1. The van der Waals surface area contributed by atoms with Gasteiger partial charge in [0.15, 0.2) is 5.75 Å². The number of carbonyl (C=O) groups excluding carboxylic acids is 1. The number of unbranched alkanes of at least 4 members (excludes halogenated alkanes) is 1. The smallest absolute Gasteiger partial charge is 0.251 e. The van der Waals surface area contributed by atoms with E-state index in [1.54, 1.807) is 12.1 Å². The first-order chi connectivity index (χ1) is 13.2. The summed E-state index contributed by atoms with van der Waals surface area (Å²) in [6.07, 6.45) is 2.39. The maximum absolute atomic E-state index is 12.3. The van der Waals surface area contributed by atoms with Gasteiger partial charge in [-0.05, 0) is 42.7 Å². The van der Waals surface area contributed by atoms with Crippen LogP contribution in [0.2, 0.25) is 10.0 Å². The number of amides is 1. The fourth-order valence-corrected chi connectivity index (χ4v) is 3.53. The van der Waals surface area contributed by atoms with Crippen molar-refractivity contribution in [1.82, 2.24) is 5.32 Å². The van der Waals surface area contributed by atoms with Gasteiger partial charge in [-0.2, -0.15) is 0 Å². The molecule has 0 spiro atoms. The molecule has 0 aliphatic heterocycles. The molecule has 3 N–H and O–H groups in total. The van der Waals surface area contributed by atoms with Crippen LogP contribution in [0, 0.1) is 0 Å². The molecular formula is C19H22Cl2N2O4S. The summed E-state index contributed by atoms with van der Waals surface area (Å²) >= 11 is 12.4. The molecule has 0 heterocycles. The highest BCUT2D eigenvalue weighted by atomic mass is 35.5. The third-order valence-electron chi connectivity index (χ3n) is 3.96. The normalized spacial score (nSPS) is 11.3. The zero-order chi connectivity index (χ0) is 20.7. The van der Waals surface area contributed by atoms with Crippen molar-refractivity contribution in [2.45, 2.75) is 31.1 Å². The van der Waals surface area contributed by atoms with Crippen LogP contribution in [0.5, 0.6) is 5.75 Å². The Bertz CT molecular complexity index is 908. The topological polar surface area (TPSA) is 98.5 Å². The van der Waals surface area contributed by atoms with Gasteiger partial charge in [0, 0.05) is 12.1 Å². The summed E-state index contributed by atoms with van der Waals surface area (Å²) in [5, 5.41) is 8.41. The van der Waals surface area contributed by atoms with E-state index in [2.05, 4.69) is 12.2 Å². The predicted molar refractivity (Wildman–Crippen MR) is 111 cm³/mol. The van der Waals surface area contributed by atoms with Crippen LogP contribution in [0.4, 0.5) is 0 Å². The molecule has 2 rings (SSSR count). The van der Waals surface area contributed by atoms with Crippen molar-refractivity contribution in [2.24, 2.45) is 5.14 Å². The molecule has 0 bridgehead atoms. The van der Waals surface area contributed by atoms with Crippen molar-refractivity contribution in [3.8, 4) is 5.75 Å². The van der Waals surface area contributed by atoms with Gasteiger partial charge in [0.25, 0.3) is 5.91 Å². The number of benzene rings is 2. The number of carbonyl (C=O) groups is 1. The first-order valence-corrected chi connectivity index (χ1v) is 11.0. The van der Waals surface area contributed by atoms with Gasteiger partial charge in [0.2, 0.25) is 10.0 Å². The first-order valence-electron chi connectivity index (χ1n) is 8.74. The second kappa shape index (κ2) is 10.1. The number of ether oxygens (including phenoxy) is 1. The Balaban J connectivity index is 1.94. The summed E-state index contributed by atoms with van der Waals surface area (Å²) in [6.45, 7) is 2.91. The molecule has 2 aromatic carbocycles. The summed E-state index contributed by atoms with van der Waals surface area (Å²) < 4.78 is 28.1. The molecule has 0 radical (unpaired) electrons. The molecule has 9 heteroatoms. The summed E-state index contributed by atoms with van der Waals surface area (Å²) in [5.41, 5.74) is 1.20. The van der Waals surface area contributed by atoms with E-state index in [4.69, 9.17) is 33.1 Å². The number of rotatable bonds is 9. The number of sulfonamides is 1. The van der Waals surface area contributed by atoms with Crippen molar-refractivity contribution in [1.29, 1.82) is 0 Å². The van der Waals surface area contributed by atoms with E-state index < -0.39 is 10.0 Å². The minimum atomic E-state index is -3.71. The molecule has 0 fully saturated rings. The fourth-order valence-electron chi connectivity index (χ4n) is 2.42. The van der Waals surface area contributed by atoms with Crippen LogP contribution >= 0.6 is 23.2 Å². The SMILES string of the molecule is CCCCOc1c(Cl)cc(C(=O)NCCc2ccc(S(N)(=O)=O)cc2)cc1Cl. The Labute approximate surface area is 175 Å². The molecule has 6 nitrogen and oxygen atoms in total. The average molecular weight is 445 g/mol. The molecule has 28 heavy (non-hydrogen) atoms. The molecule has 1 amide bonds. The molecule has 0 atom stereocenters. The van der Waals surface area contributed by atoms with E-state index in [9.17, 15) is 13.2 Å². The molecule has 0 saturated heterocycles. The lowest BCUT2D eigenvalue weighted by Crippen LogP contribution is -2.25. The highest BCUT2D eigenvalue weighted by Gasteiger charge is 2.14. The third-order valence-corrected chi connectivity index (χ3v) is 5.45. The Kier molecular flexibility index (Phi) is 8.12. The molecular weight excluding hydrogens is 423 g/mol. The lowest BCUT2D eigenvalue weighted by molar-refractivity contribution is 0.0954. The molecule has 0 aromatic heterocycles. The zero-order valence-electron chi connectivity index (χ0n) is 15.4. The lowest BCUT2D eigenvalue weighted by Gasteiger charge is -2.12. The Hall–Kier alpha value is -1.80. The molecule has 0 unspecified atom stereocenters. The van der Waals surface area contributed by atoms with Crippen molar-refractivity contribution < 1.29 is 17.9 Å². The standard InChI is InChI=1S/C19H22Cl2N2O4S/c1-2-3-10-27-18-16(20)11-14(12-17(18)21)19(24)23-9-8-13-4-6-15(7-5-13)28(22,25)26/h4-7,11-12H,2-3,8-10H2,1H3,(H,23,24)(H2,22,25,26). The Morgan fingerprint density at radius 3 is 2.29 bits per heavy atom. The number of hydrogen-bond acceptors (Lipinski definition) is 4. The van der Waals surface area contributed by atoms with Gasteiger partial charge in [-0.25, -0.2) is 13.6 Å². The summed E-state index contributed by atoms with van der Waals surface area (Å²) in [5.74, 6) is 0.0633. The van der Waals surface area contributed by atoms with E-state index >= 15 is 0 Å². The van der Waals surface area contributed by atoms with Crippen LogP contribution in [-0.2, 0) is 16.4 Å². The Morgan fingerprint density at radius 2 is 1.75 bits per heavy atom. The van der Waals surface area contributed by atoms with Gasteiger partial charge in [-0.3, -0.25) is 4.79 Å². The molecule has 152 valence electrons. The molecule has 0 aliphatic carbocycles. The van der Waals surface area contributed by atoms with Gasteiger partial charge in [-0.15, -0.1) is 0 Å². The van der Waals surface area contributed by atoms with Crippen LogP contribution in [-0.4, -0.2) is 27.5 Å². The predicted octanol–water partition coefficient (Wildman–Crippen LogP) is 3.79. The van der Waals surface area contributed by atoms with Crippen LogP contribution in [0.3, 0.4) is 0 Å². The fraction of sp³-hybridized carbons (Fsp3) is 0.316. The van der Waals surface area contributed by atoms with E-state index in [0.29, 0.717) is 30.9 Å². The number of nitrogens with one attached hydrogen (secondary N) is 1. The van der Waals surface area contributed by atoms with E-state index in [0.717, 1.165) is 18.4 Å². The van der Waals surface area contributed by atoms with E-state index in [-0.39, 0.29) is 20.8 Å². The van der Waals surface area contributed by atoms with Crippen molar-refractivity contribution in [3.63, 3.8) is 0 Å². The largest absolute Gasteiger partial charge is 0.490 e. The van der Waals surface area contributed by atoms with Gasteiger partial charge >= 0.3 is 0 Å². The maximum atomic E-state index is 12.3. The van der Waals surface area contributed by atoms with Crippen LogP contribution < -0.4 is 15.2 Å². The average Bonchev–Trinajstić information content (AvgIpc) is 2.63. The van der Waals surface area contributed by atoms with Crippen molar-refractivity contribution >= 4 is 39.1 Å². The van der Waals surface area contributed by atoms with Gasteiger partial charge in [-0.1, -0.05) is 48.7 Å². The van der Waals surface area contributed by atoms with Crippen molar-refractivity contribution in [3.05, 3.63) is 57.6 Å². The van der Waals surface area contributed by atoms with E-state index in [1.165, 1.54) is 24.3 Å². The minimum absolute atomic E-state index is 0.0471. The summed E-state index contributed by atoms with van der Waals surface area (Å²) in [4.78, 5) is 12.4. The first kappa shape index (κ1) is 22.5. The van der Waals surface area contributed by atoms with Crippen LogP contribution in [0.15, 0.2) is 41.3 Å². The second-order valence-corrected chi connectivity index (χ2v) is 8.54. The second-order valence-electron chi connectivity index (χ2n) is 6.17. The Morgan fingerprint density at radius 1 is 1.14 bits per heavy atom. The quantitative estimate of drug-likeness (QED) is 0.574. The molecule has 2 aromatic rings. The summed E-state index contributed by atoms with van der Waals surface area (Å²) in [6, 6.07) is 9.21. The maximum Gasteiger partial charge on any atom is 0.251 e. The number of halogens is 2. The summed E-state index contributed by atoms with van der Waals surface area (Å²) in [7, 11) is -3.71. The zero-order valence-corrected chi connectivity index (χ0v) is 17.7. The van der Waals surface area contributed by atoms with Crippen molar-refractivity contribution in [2.75, 3.05) is 13.2 Å². The van der Waals surface area contributed by atoms with Gasteiger partial charge in [0.1, 0.15) is 0 Å². The minimum Gasteiger partial charge on any atom is -0.490 e. The van der Waals surface area contributed by atoms with E-state index in [1.807, 2.05) is 0 Å². The highest BCUT2D eigenvalue weighted by Crippen LogP contribution is 2.34. The third kappa shape index (κ3) is 6.38. The number of hydrogen-bond donors (Lipinski definition) is 2. The monoisotopic (exact) mass is 444 g/mol. The van der Waals surface area contributed by atoms with Gasteiger partial charge < -0.3 is 10.1 Å². The van der Waals surface area contributed by atoms with Crippen LogP contribution in [0.25, 0.3) is 0 Å². The molecule has 0 aliphatic rings. The number of primary sulfonamides is 1. The molecule has 0 saturated carbocycles.